The van der Waals surface area contributed by atoms with E-state index in [2.05, 4.69) is 21.2 Å². The highest BCUT2D eigenvalue weighted by atomic mass is 79.9. The van der Waals surface area contributed by atoms with Crippen LogP contribution in [0.3, 0.4) is 0 Å². The number of hydrogen-bond acceptors (Lipinski definition) is 5. The molecule has 1 heterocycles. The highest BCUT2D eigenvalue weighted by molar-refractivity contribution is 9.10. The Hall–Kier alpha value is -1.89. The normalized spacial score (nSPS) is 27.3. The Morgan fingerprint density at radius 2 is 1.74 bits per heavy atom. The predicted molar refractivity (Wildman–Crippen MR) is 84.7 cm³/mol. The average molecular weight is 382 g/mol. The largest absolute Gasteiger partial charge is 0.466 e. The highest BCUT2D eigenvalue weighted by Gasteiger charge is 2.80. The van der Waals surface area contributed by atoms with Gasteiger partial charge in [-0.05, 0) is 37.6 Å². The van der Waals surface area contributed by atoms with Crippen molar-refractivity contribution in [1.82, 2.24) is 0 Å². The zero-order valence-corrected chi connectivity index (χ0v) is 14.3. The van der Waals surface area contributed by atoms with Crippen LogP contribution in [0.1, 0.15) is 19.4 Å². The molecule has 2 aliphatic rings. The number of anilines is 1. The van der Waals surface area contributed by atoms with E-state index in [0.717, 1.165) is 4.47 Å². The van der Waals surface area contributed by atoms with E-state index in [0.29, 0.717) is 11.3 Å². The molecule has 0 bridgehead atoms. The molecule has 2 atom stereocenters. The van der Waals surface area contributed by atoms with Gasteiger partial charge in [0.15, 0.2) is 0 Å². The summed E-state index contributed by atoms with van der Waals surface area (Å²) in [6, 6.07) is 5.30. The number of rotatable bonds is 4. The van der Waals surface area contributed by atoms with E-state index in [1.54, 1.807) is 32.0 Å². The van der Waals surface area contributed by atoms with Crippen LogP contribution in [-0.2, 0) is 29.3 Å². The van der Waals surface area contributed by atoms with Crippen molar-refractivity contribution in [2.24, 2.45) is 11.8 Å². The van der Waals surface area contributed by atoms with E-state index < -0.39 is 29.2 Å². The molecule has 0 saturated heterocycles. The Labute approximate surface area is 141 Å². The number of amides is 1. The van der Waals surface area contributed by atoms with Crippen molar-refractivity contribution < 1.29 is 23.9 Å². The Bertz CT molecular complexity index is 678. The summed E-state index contributed by atoms with van der Waals surface area (Å²) in [7, 11) is 0. The fourth-order valence-electron chi connectivity index (χ4n) is 3.43. The molecule has 1 aromatic rings. The molecular weight excluding hydrogens is 366 g/mol. The van der Waals surface area contributed by atoms with Crippen molar-refractivity contribution in [3.63, 3.8) is 0 Å². The third-order valence-electron chi connectivity index (χ3n) is 4.34. The van der Waals surface area contributed by atoms with Crippen molar-refractivity contribution in [2.75, 3.05) is 18.5 Å². The van der Waals surface area contributed by atoms with Crippen LogP contribution in [0, 0.1) is 11.8 Å². The first-order valence-electron chi connectivity index (χ1n) is 7.43. The monoisotopic (exact) mass is 381 g/mol. The van der Waals surface area contributed by atoms with Gasteiger partial charge in [-0.1, -0.05) is 15.9 Å². The number of hydrogen-bond donors (Lipinski definition) is 1. The smallest absolute Gasteiger partial charge is 0.311 e. The molecule has 1 saturated carbocycles. The Balaban J connectivity index is 2.08. The fraction of sp³-hybridized carbons (Fsp3) is 0.438. The zero-order chi connectivity index (χ0) is 16.8. The number of esters is 2. The second-order valence-corrected chi connectivity index (χ2v) is 6.39. The minimum atomic E-state index is -1.22. The van der Waals surface area contributed by atoms with Crippen molar-refractivity contribution >= 4 is 39.5 Å². The number of benzene rings is 1. The van der Waals surface area contributed by atoms with E-state index in [9.17, 15) is 14.4 Å². The molecular formula is C16H16BrNO5. The van der Waals surface area contributed by atoms with Crippen LogP contribution in [-0.4, -0.2) is 31.1 Å². The number of nitrogens with one attached hydrogen (secondary N) is 1. The van der Waals surface area contributed by atoms with Crippen LogP contribution in [0.4, 0.5) is 5.69 Å². The lowest BCUT2D eigenvalue weighted by atomic mass is 9.93. The van der Waals surface area contributed by atoms with Gasteiger partial charge < -0.3 is 14.8 Å². The number of fused-ring (bicyclic) bond motifs is 2. The number of ether oxygens (including phenoxy) is 2. The summed E-state index contributed by atoms with van der Waals surface area (Å²) in [4.78, 5) is 37.2. The predicted octanol–water partition coefficient (Wildman–Crippen LogP) is 2.01. The molecule has 0 radical (unpaired) electrons. The number of halogens is 1. The van der Waals surface area contributed by atoms with E-state index in [1.807, 2.05) is 0 Å². The lowest BCUT2D eigenvalue weighted by Crippen LogP contribution is -2.27. The Kier molecular flexibility index (Phi) is 3.91. The van der Waals surface area contributed by atoms with Crippen molar-refractivity contribution in [1.29, 1.82) is 0 Å². The molecule has 122 valence electrons. The molecule has 1 amide bonds. The molecule has 0 aromatic heterocycles. The first kappa shape index (κ1) is 16.0. The van der Waals surface area contributed by atoms with Crippen LogP contribution in [0.5, 0.6) is 0 Å². The summed E-state index contributed by atoms with van der Waals surface area (Å²) in [6.45, 7) is 3.75. The van der Waals surface area contributed by atoms with Gasteiger partial charge in [-0.25, -0.2) is 0 Å². The highest BCUT2D eigenvalue weighted by Crippen LogP contribution is 2.65. The van der Waals surface area contributed by atoms with Gasteiger partial charge in [-0.2, -0.15) is 0 Å². The summed E-state index contributed by atoms with van der Waals surface area (Å²) in [5, 5.41) is 2.76. The first-order valence-corrected chi connectivity index (χ1v) is 8.22. The quantitative estimate of drug-likeness (QED) is 0.806. The van der Waals surface area contributed by atoms with Gasteiger partial charge in [0.2, 0.25) is 5.91 Å². The SMILES string of the molecule is CCOC(=O)[C@H]1[C@H](C(=O)OCC)C12C(=O)Nc1ccc(Br)cc12. The average Bonchev–Trinajstić information content (AvgIpc) is 3.13. The standard InChI is InChI=1S/C16H16BrNO5/c1-3-22-13(19)11-12(14(20)23-4-2)16(11)9-7-8(17)5-6-10(9)18-15(16)21/h5-7,11-12H,3-4H2,1-2H3,(H,18,21)/t11-,12-/m1/s1. The molecule has 1 aliphatic heterocycles. The summed E-state index contributed by atoms with van der Waals surface area (Å²) >= 11 is 3.37. The molecule has 1 aliphatic carbocycles. The van der Waals surface area contributed by atoms with E-state index in [-0.39, 0.29) is 19.1 Å². The molecule has 6 nitrogen and oxygen atoms in total. The van der Waals surface area contributed by atoms with Gasteiger partial charge in [0.25, 0.3) is 0 Å². The van der Waals surface area contributed by atoms with Crippen LogP contribution in [0.25, 0.3) is 0 Å². The van der Waals surface area contributed by atoms with Gasteiger partial charge in [0, 0.05) is 10.2 Å². The van der Waals surface area contributed by atoms with E-state index in [1.165, 1.54) is 0 Å². The summed E-state index contributed by atoms with van der Waals surface area (Å²) in [6.07, 6.45) is 0. The Morgan fingerprint density at radius 3 is 2.26 bits per heavy atom. The number of carbonyl (C=O) groups excluding carboxylic acids is 3. The molecule has 1 fully saturated rings. The maximum Gasteiger partial charge on any atom is 0.311 e. The van der Waals surface area contributed by atoms with Gasteiger partial charge in [-0.15, -0.1) is 0 Å². The topological polar surface area (TPSA) is 81.7 Å². The van der Waals surface area contributed by atoms with Crippen LogP contribution < -0.4 is 5.32 Å². The van der Waals surface area contributed by atoms with Gasteiger partial charge >= 0.3 is 11.9 Å². The van der Waals surface area contributed by atoms with Gasteiger partial charge in [0.05, 0.1) is 25.0 Å². The van der Waals surface area contributed by atoms with Gasteiger partial charge in [0.1, 0.15) is 5.41 Å². The maximum absolute atomic E-state index is 12.6. The molecule has 7 heteroatoms. The van der Waals surface area contributed by atoms with Crippen LogP contribution >= 0.6 is 15.9 Å². The third-order valence-corrected chi connectivity index (χ3v) is 4.83. The molecule has 23 heavy (non-hydrogen) atoms. The van der Waals surface area contributed by atoms with Crippen LogP contribution in [0.15, 0.2) is 22.7 Å². The van der Waals surface area contributed by atoms with Crippen molar-refractivity contribution in [2.45, 2.75) is 19.3 Å². The lowest BCUT2D eigenvalue weighted by Gasteiger charge is -2.09. The minimum Gasteiger partial charge on any atom is -0.466 e. The summed E-state index contributed by atoms with van der Waals surface area (Å²) < 4.78 is 10.9. The summed E-state index contributed by atoms with van der Waals surface area (Å²) in [5.41, 5.74) is 0.0183. The van der Waals surface area contributed by atoms with Crippen LogP contribution in [0.2, 0.25) is 0 Å². The molecule has 1 aromatic carbocycles. The third kappa shape index (κ3) is 2.17. The fourth-order valence-corrected chi connectivity index (χ4v) is 3.79. The molecule has 3 rings (SSSR count). The number of carbonyl (C=O) groups is 3. The molecule has 1 spiro atoms. The summed E-state index contributed by atoms with van der Waals surface area (Å²) in [5.74, 6) is -3.15. The second-order valence-electron chi connectivity index (χ2n) is 5.47. The second kappa shape index (κ2) is 5.63. The van der Waals surface area contributed by atoms with E-state index in [4.69, 9.17) is 9.47 Å². The first-order chi connectivity index (χ1) is 11.0. The Morgan fingerprint density at radius 1 is 1.17 bits per heavy atom. The molecule has 1 N–H and O–H groups in total. The van der Waals surface area contributed by atoms with Crippen molar-refractivity contribution in [3.05, 3.63) is 28.2 Å². The zero-order valence-electron chi connectivity index (χ0n) is 12.7. The van der Waals surface area contributed by atoms with Crippen molar-refractivity contribution in [3.8, 4) is 0 Å². The lowest BCUT2D eigenvalue weighted by molar-refractivity contribution is -0.150. The minimum absolute atomic E-state index is 0.188. The maximum atomic E-state index is 12.6. The van der Waals surface area contributed by atoms with Gasteiger partial charge in [-0.3, -0.25) is 14.4 Å². The van der Waals surface area contributed by atoms with E-state index >= 15 is 0 Å². The molecule has 0 unspecified atom stereocenters.